The lowest BCUT2D eigenvalue weighted by molar-refractivity contribution is -0.142. The Kier molecular flexibility index (Phi) is 8.19. The normalized spacial score (nSPS) is 10.2. The fraction of sp³-hybridized carbons (Fsp3) is 0.136. The third-order valence-electron chi connectivity index (χ3n) is 3.49. The molecule has 150 valence electrons. The van der Waals surface area contributed by atoms with Crippen LogP contribution in [0.2, 0.25) is 0 Å². The molecule has 0 spiro atoms. The first kappa shape index (κ1) is 21.4. The van der Waals surface area contributed by atoms with Crippen LogP contribution in [0, 0.1) is 0 Å². The quantitative estimate of drug-likeness (QED) is 0.386. The Morgan fingerprint density at radius 1 is 0.966 bits per heavy atom. The van der Waals surface area contributed by atoms with Crippen LogP contribution in [-0.4, -0.2) is 31.0 Å². The number of amides is 2. The molecule has 0 radical (unpaired) electrons. The molecule has 2 amide bonds. The Hall–Kier alpha value is -3.87. The lowest BCUT2D eigenvalue weighted by Gasteiger charge is -2.07. The van der Waals surface area contributed by atoms with Crippen LogP contribution in [0.25, 0.3) is 6.08 Å². The third kappa shape index (κ3) is 8.13. The van der Waals surface area contributed by atoms with Crippen LogP contribution < -0.4 is 15.4 Å². The summed E-state index contributed by atoms with van der Waals surface area (Å²) in [4.78, 5) is 34.6. The molecule has 0 saturated heterocycles. The third-order valence-corrected chi connectivity index (χ3v) is 3.49. The van der Waals surface area contributed by atoms with Gasteiger partial charge in [-0.15, -0.1) is 0 Å². The van der Waals surface area contributed by atoms with Gasteiger partial charge in [0.2, 0.25) is 5.91 Å². The van der Waals surface area contributed by atoms with Crippen LogP contribution in [0.5, 0.6) is 5.75 Å². The number of hydrogen-bond donors (Lipinski definition) is 2. The zero-order chi connectivity index (χ0) is 21.1. The molecule has 0 unspecified atom stereocenters. The van der Waals surface area contributed by atoms with Gasteiger partial charge in [0.05, 0.1) is 0 Å². The van der Waals surface area contributed by atoms with Gasteiger partial charge in [0.15, 0.2) is 6.61 Å². The minimum Gasteiger partial charge on any atom is -0.490 e. The molecule has 0 aliphatic heterocycles. The number of hydrogen-bond acceptors (Lipinski definition) is 5. The van der Waals surface area contributed by atoms with E-state index in [2.05, 4.69) is 17.2 Å². The summed E-state index contributed by atoms with van der Waals surface area (Å²) in [5.41, 5.74) is 1.93. The van der Waals surface area contributed by atoms with Crippen molar-refractivity contribution in [2.75, 3.05) is 23.8 Å². The summed E-state index contributed by atoms with van der Waals surface area (Å²) in [5, 5.41) is 5.23. The van der Waals surface area contributed by atoms with Crippen LogP contribution in [0.3, 0.4) is 0 Å². The number of benzene rings is 2. The van der Waals surface area contributed by atoms with Gasteiger partial charge in [0, 0.05) is 24.4 Å². The smallest absolute Gasteiger partial charge is 0.331 e. The molecule has 0 aliphatic rings. The summed E-state index contributed by atoms with van der Waals surface area (Å²) in [5.74, 6) is -0.582. The van der Waals surface area contributed by atoms with Crippen LogP contribution >= 0.6 is 0 Å². The molecule has 2 aromatic rings. The second kappa shape index (κ2) is 11.1. The standard InChI is InChI=1S/C22H22N2O5/c1-3-14-28-20-11-4-17(5-12-20)6-13-22(27)29-15-21(26)24-19-9-7-18(8-10-19)23-16(2)25/h3-13H,1,14-15H2,2H3,(H,23,25)(H,24,26)/b13-6+. The van der Waals surface area contributed by atoms with E-state index in [4.69, 9.17) is 9.47 Å². The minimum atomic E-state index is -0.631. The first-order valence-electron chi connectivity index (χ1n) is 8.82. The molecule has 29 heavy (non-hydrogen) atoms. The largest absolute Gasteiger partial charge is 0.490 e. The van der Waals surface area contributed by atoms with E-state index in [0.29, 0.717) is 23.7 Å². The lowest BCUT2D eigenvalue weighted by atomic mass is 10.2. The van der Waals surface area contributed by atoms with E-state index < -0.39 is 18.5 Å². The molecular formula is C22H22N2O5. The lowest BCUT2D eigenvalue weighted by Crippen LogP contribution is -2.20. The molecular weight excluding hydrogens is 372 g/mol. The van der Waals surface area contributed by atoms with Gasteiger partial charge < -0.3 is 20.1 Å². The van der Waals surface area contributed by atoms with Gasteiger partial charge in [-0.05, 0) is 48.0 Å². The molecule has 2 aromatic carbocycles. The topological polar surface area (TPSA) is 93.7 Å². The second-order valence-electron chi connectivity index (χ2n) is 5.92. The molecule has 2 rings (SSSR count). The van der Waals surface area contributed by atoms with Gasteiger partial charge >= 0.3 is 5.97 Å². The fourth-order valence-electron chi connectivity index (χ4n) is 2.22. The molecule has 7 heteroatoms. The highest BCUT2D eigenvalue weighted by Crippen LogP contribution is 2.14. The van der Waals surface area contributed by atoms with Crippen LogP contribution in [0.1, 0.15) is 12.5 Å². The van der Waals surface area contributed by atoms with E-state index >= 15 is 0 Å². The molecule has 0 aromatic heterocycles. The predicted octanol–water partition coefficient (Wildman–Crippen LogP) is 3.40. The molecule has 7 nitrogen and oxygen atoms in total. The first-order chi connectivity index (χ1) is 14.0. The Morgan fingerprint density at radius 3 is 2.17 bits per heavy atom. The Labute approximate surface area is 169 Å². The number of esters is 1. The van der Waals surface area contributed by atoms with Crippen molar-refractivity contribution in [3.63, 3.8) is 0 Å². The SMILES string of the molecule is C=CCOc1ccc(/C=C/C(=O)OCC(=O)Nc2ccc(NC(C)=O)cc2)cc1. The van der Waals surface area contributed by atoms with Crippen molar-refractivity contribution in [1.82, 2.24) is 0 Å². The van der Waals surface area contributed by atoms with Crippen molar-refractivity contribution < 1.29 is 23.9 Å². The fourth-order valence-corrected chi connectivity index (χ4v) is 2.22. The summed E-state index contributed by atoms with van der Waals surface area (Å²) in [7, 11) is 0. The Balaban J connectivity index is 1.76. The highest BCUT2D eigenvalue weighted by Gasteiger charge is 2.06. The van der Waals surface area contributed by atoms with Crippen molar-refractivity contribution in [3.05, 3.63) is 72.8 Å². The van der Waals surface area contributed by atoms with E-state index in [1.165, 1.54) is 13.0 Å². The second-order valence-corrected chi connectivity index (χ2v) is 5.92. The van der Waals surface area contributed by atoms with Gasteiger partial charge in [-0.3, -0.25) is 9.59 Å². The summed E-state index contributed by atoms with van der Waals surface area (Å²) >= 11 is 0. The molecule has 0 aliphatic carbocycles. The summed E-state index contributed by atoms with van der Waals surface area (Å²) in [6, 6.07) is 13.7. The minimum absolute atomic E-state index is 0.182. The molecule has 2 N–H and O–H groups in total. The molecule has 0 heterocycles. The number of carbonyl (C=O) groups excluding carboxylic acids is 3. The monoisotopic (exact) mass is 394 g/mol. The maximum Gasteiger partial charge on any atom is 0.331 e. The number of anilines is 2. The van der Waals surface area contributed by atoms with Crippen molar-refractivity contribution in [3.8, 4) is 5.75 Å². The number of ether oxygens (including phenoxy) is 2. The van der Waals surface area contributed by atoms with Gasteiger partial charge in [-0.25, -0.2) is 4.79 Å². The highest BCUT2D eigenvalue weighted by molar-refractivity contribution is 5.95. The van der Waals surface area contributed by atoms with Crippen LogP contribution in [0.4, 0.5) is 11.4 Å². The average Bonchev–Trinajstić information content (AvgIpc) is 2.71. The van der Waals surface area contributed by atoms with Gasteiger partial charge in [-0.1, -0.05) is 24.8 Å². The molecule has 0 atom stereocenters. The number of carbonyl (C=O) groups is 3. The van der Waals surface area contributed by atoms with E-state index in [0.717, 1.165) is 5.56 Å². The first-order valence-corrected chi connectivity index (χ1v) is 8.82. The van der Waals surface area contributed by atoms with Crippen LogP contribution in [0.15, 0.2) is 67.3 Å². The number of nitrogens with one attached hydrogen (secondary N) is 2. The van der Waals surface area contributed by atoms with Crippen molar-refractivity contribution in [2.45, 2.75) is 6.92 Å². The summed E-state index contributed by atoms with van der Waals surface area (Å²) < 4.78 is 10.3. The predicted molar refractivity (Wildman–Crippen MR) is 112 cm³/mol. The molecule has 0 bridgehead atoms. The van der Waals surface area contributed by atoms with E-state index in [1.807, 2.05) is 0 Å². The zero-order valence-corrected chi connectivity index (χ0v) is 16.0. The zero-order valence-electron chi connectivity index (χ0n) is 16.0. The van der Waals surface area contributed by atoms with Gasteiger partial charge in [0.1, 0.15) is 12.4 Å². The van der Waals surface area contributed by atoms with E-state index in [9.17, 15) is 14.4 Å². The van der Waals surface area contributed by atoms with Crippen molar-refractivity contribution in [2.24, 2.45) is 0 Å². The summed E-state index contributed by atoms with van der Waals surface area (Å²) in [6.45, 7) is 5.00. The van der Waals surface area contributed by atoms with Crippen LogP contribution in [-0.2, 0) is 19.1 Å². The van der Waals surface area contributed by atoms with E-state index in [1.54, 1.807) is 60.7 Å². The van der Waals surface area contributed by atoms with Crippen molar-refractivity contribution >= 4 is 35.2 Å². The molecule has 0 saturated carbocycles. The summed E-state index contributed by atoms with van der Waals surface area (Å²) in [6.07, 6.45) is 4.48. The van der Waals surface area contributed by atoms with Gasteiger partial charge in [0.25, 0.3) is 5.91 Å². The highest BCUT2D eigenvalue weighted by atomic mass is 16.5. The Bertz CT molecular complexity index is 886. The van der Waals surface area contributed by atoms with Gasteiger partial charge in [-0.2, -0.15) is 0 Å². The maximum absolute atomic E-state index is 11.9. The molecule has 0 fully saturated rings. The maximum atomic E-state index is 11.9. The van der Waals surface area contributed by atoms with Crippen molar-refractivity contribution in [1.29, 1.82) is 0 Å². The number of rotatable bonds is 9. The average molecular weight is 394 g/mol. The Morgan fingerprint density at radius 2 is 1.59 bits per heavy atom. The van der Waals surface area contributed by atoms with E-state index in [-0.39, 0.29) is 5.91 Å².